The largest absolute Gasteiger partial charge is 0.396 e. The molecule has 7 heteroatoms. The second-order valence-corrected chi connectivity index (χ2v) is 6.59. The molecule has 1 aromatic rings. The minimum Gasteiger partial charge on any atom is -0.396 e. The minimum atomic E-state index is -3.82. The quantitative estimate of drug-likeness (QED) is 0.709. The highest BCUT2D eigenvalue weighted by Crippen LogP contribution is 2.21. The van der Waals surface area contributed by atoms with Gasteiger partial charge < -0.3 is 10.8 Å². The van der Waals surface area contributed by atoms with Gasteiger partial charge in [-0.15, -0.1) is 0 Å². The molecule has 0 aliphatic carbocycles. The van der Waals surface area contributed by atoms with Crippen LogP contribution in [0, 0.1) is 12.7 Å². The summed E-state index contributed by atoms with van der Waals surface area (Å²) in [5.74, 6) is -0.625. The first-order valence-corrected chi connectivity index (χ1v) is 7.35. The molecule has 0 aromatic heterocycles. The van der Waals surface area contributed by atoms with Crippen molar-refractivity contribution in [3.63, 3.8) is 0 Å². The molecule has 0 saturated carbocycles. The highest BCUT2D eigenvalue weighted by molar-refractivity contribution is 7.89. The first kappa shape index (κ1) is 15.9. The number of rotatable bonds is 5. The van der Waals surface area contributed by atoms with Crippen LogP contribution in [-0.4, -0.2) is 25.7 Å². The van der Waals surface area contributed by atoms with Crippen LogP contribution in [0.25, 0.3) is 0 Å². The van der Waals surface area contributed by atoms with Crippen LogP contribution in [0.2, 0.25) is 0 Å². The van der Waals surface area contributed by atoms with Crippen molar-refractivity contribution in [2.75, 3.05) is 12.3 Å². The molecule has 0 aliphatic heterocycles. The molecule has 5 nitrogen and oxygen atoms in total. The lowest BCUT2D eigenvalue weighted by molar-refractivity contribution is 0.0613. The Morgan fingerprint density at radius 2 is 2.05 bits per heavy atom. The average Bonchev–Trinajstić information content (AvgIpc) is 2.33. The molecule has 0 bridgehead atoms. The summed E-state index contributed by atoms with van der Waals surface area (Å²) in [4.78, 5) is -0.115. The fourth-order valence-electron chi connectivity index (χ4n) is 1.38. The maximum atomic E-state index is 13.3. The molecule has 1 unspecified atom stereocenters. The number of anilines is 1. The number of nitrogen functional groups attached to an aromatic ring is 1. The van der Waals surface area contributed by atoms with E-state index in [-0.39, 0.29) is 22.7 Å². The lowest BCUT2D eigenvalue weighted by Crippen LogP contribution is -2.40. The molecule has 4 N–H and O–H groups in total. The Kier molecular flexibility index (Phi) is 4.54. The molecule has 0 aliphatic rings. The van der Waals surface area contributed by atoms with E-state index in [9.17, 15) is 17.9 Å². The lowest BCUT2D eigenvalue weighted by Gasteiger charge is -2.21. The summed E-state index contributed by atoms with van der Waals surface area (Å²) < 4.78 is 39.7. The van der Waals surface area contributed by atoms with Gasteiger partial charge in [0.05, 0.1) is 16.2 Å². The van der Waals surface area contributed by atoms with Gasteiger partial charge in [-0.25, -0.2) is 17.5 Å². The van der Waals surface area contributed by atoms with Crippen molar-refractivity contribution in [2.24, 2.45) is 0 Å². The second kappa shape index (κ2) is 5.44. The average molecular weight is 290 g/mol. The van der Waals surface area contributed by atoms with E-state index in [1.54, 1.807) is 6.92 Å². The number of nitrogens with one attached hydrogen (secondary N) is 1. The molecule has 1 atom stereocenters. The second-order valence-electron chi connectivity index (χ2n) is 4.82. The number of aliphatic hydroxyl groups is 1. The van der Waals surface area contributed by atoms with Crippen LogP contribution >= 0.6 is 0 Å². The number of hydrogen-bond donors (Lipinski definition) is 3. The van der Waals surface area contributed by atoms with E-state index in [2.05, 4.69) is 4.72 Å². The molecule has 19 heavy (non-hydrogen) atoms. The fraction of sp³-hybridized carbons (Fsp3) is 0.500. The van der Waals surface area contributed by atoms with Crippen molar-refractivity contribution >= 4 is 15.7 Å². The van der Waals surface area contributed by atoms with Crippen molar-refractivity contribution in [3.8, 4) is 0 Å². The highest BCUT2D eigenvalue weighted by Gasteiger charge is 2.23. The third-order valence-electron chi connectivity index (χ3n) is 2.97. The zero-order valence-corrected chi connectivity index (χ0v) is 12.0. The first-order valence-electron chi connectivity index (χ1n) is 5.87. The number of aryl methyl sites for hydroxylation is 1. The molecular weight excluding hydrogens is 271 g/mol. The Morgan fingerprint density at radius 1 is 1.47 bits per heavy atom. The van der Waals surface area contributed by atoms with Gasteiger partial charge in [-0.05, 0) is 38.0 Å². The van der Waals surface area contributed by atoms with Gasteiger partial charge in [0.15, 0.2) is 0 Å². The zero-order valence-electron chi connectivity index (χ0n) is 11.2. The maximum Gasteiger partial charge on any atom is 0.240 e. The van der Waals surface area contributed by atoms with E-state index in [1.807, 2.05) is 0 Å². The smallest absolute Gasteiger partial charge is 0.240 e. The monoisotopic (exact) mass is 290 g/mol. The van der Waals surface area contributed by atoms with Crippen LogP contribution in [0.15, 0.2) is 17.0 Å². The SMILES string of the molecule is CCC(C)(O)CNS(=O)(=O)c1cc(C)c(F)c(N)c1. The predicted molar refractivity (Wildman–Crippen MR) is 71.7 cm³/mol. The van der Waals surface area contributed by atoms with Crippen molar-refractivity contribution in [1.29, 1.82) is 0 Å². The topological polar surface area (TPSA) is 92.4 Å². The molecule has 108 valence electrons. The zero-order chi connectivity index (χ0) is 14.8. The standard InChI is InChI=1S/C12H19FN2O3S/c1-4-12(3,16)7-15-19(17,18)9-5-8(2)11(13)10(14)6-9/h5-6,15-16H,4,7,14H2,1-3H3. The van der Waals surface area contributed by atoms with Gasteiger partial charge >= 0.3 is 0 Å². The van der Waals surface area contributed by atoms with Crippen LogP contribution in [0.1, 0.15) is 25.8 Å². The van der Waals surface area contributed by atoms with Crippen LogP contribution in [0.5, 0.6) is 0 Å². The van der Waals surface area contributed by atoms with E-state index in [0.29, 0.717) is 6.42 Å². The summed E-state index contributed by atoms with van der Waals surface area (Å²) in [6.45, 7) is 4.59. The summed E-state index contributed by atoms with van der Waals surface area (Å²) in [6.07, 6.45) is 0.403. The third-order valence-corrected chi connectivity index (χ3v) is 4.35. The first-order chi connectivity index (χ1) is 8.59. The van der Waals surface area contributed by atoms with Crippen LogP contribution in [0.3, 0.4) is 0 Å². The number of sulfonamides is 1. The molecule has 0 fully saturated rings. The van der Waals surface area contributed by atoms with E-state index >= 15 is 0 Å². The Balaban J connectivity index is 3.02. The number of hydrogen-bond acceptors (Lipinski definition) is 4. The molecule has 0 amide bonds. The van der Waals surface area contributed by atoms with Gasteiger partial charge in [0.25, 0.3) is 0 Å². The summed E-state index contributed by atoms with van der Waals surface area (Å²) in [5.41, 5.74) is 4.21. The van der Waals surface area contributed by atoms with Gasteiger partial charge in [0, 0.05) is 6.54 Å². The summed E-state index contributed by atoms with van der Waals surface area (Å²) >= 11 is 0. The van der Waals surface area contributed by atoms with Gasteiger partial charge in [0.1, 0.15) is 5.82 Å². The van der Waals surface area contributed by atoms with E-state index < -0.39 is 21.4 Å². The highest BCUT2D eigenvalue weighted by atomic mass is 32.2. The summed E-state index contributed by atoms with van der Waals surface area (Å²) in [5, 5.41) is 9.78. The van der Waals surface area contributed by atoms with Gasteiger partial charge in [-0.3, -0.25) is 0 Å². The van der Waals surface area contributed by atoms with Crippen molar-refractivity contribution in [3.05, 3.63) is 23.5 Å². The molecule has 1 aromatic carbocycles. The Hall–Kier alpha value is -1.18. The van der Waals surface area contributed by atoms with Gasteiger partial charge in [0.2, 0.25) is 10.0 Å². The van der Waals surface area contributed by atoms with Gasteiger partial charge in [-0.2, -0.15) is 0 Å². The van der Waals surface area contributed by atoms with Crippen molar-refractivity contribution < 1.29 is 17.9 Å². The van der Waals surface area contributed by atoms with Crippen LogP contribution < -0.4 is 10.5 Å². The molecule has 0 saturated heterocycles. The van der Waals surface area contributed by atoms with Gasteiger partial charge in [-0.1, -0.05) is 6.92 Å². The van der Waals surface area contributed by atoms with Crippen LogP contribution in [-0.2, 0) is 10.0 Å². The fourth-order valence-corrected chi connectivity index (χ4v) is 2.66. The molecule has 0 radical (unpaired) electrons. The molecule has 1 rings (SSSR count). The third kappa shape index (κ3) is 3.89. The summed E-state index contributed by atoms with van der Waals surface area (Å²) in [7, 11) is -3.82. The van der Waals surface area contributed by atoms with E-state index in [0.717, 1.165) is 6.07 Å². The maximum absolute atomic E-state index is 13.3. The Morgan fingerprint density at radius 3 is 2.53 bits per heavy atom. The van der Waals surface area contributed by atoms with Crippen LogP contribution in [0.4, 0.5) is 10.1 Å². The Labute approximate surface area is 112 Å². The number of benzene rings is 1. The molecule has 0 heterocycles. The lowest BCUT2D eigenvalue weighted by atomic mass is 10.1. The number of nitrogens with two attached hydrogens (primary N) is 1. The van der Waals surface area contributed by atoms with E-state index in [4.69, 9.17) is 5.73 Å². The van der Waals surface area contributed by atoms with Crippen molar-refractivity contribution in [2.45, 2.75) is 37.7 Å². The predicted octanol–water partition coefficient (Wildman–Crippen LogP) is 1.16. The summed E-state index contributed by atoms with van der Waals surface area (Å²) in [6, 6.07) is 2.26. The normalized spacial score (nSPS) is 15.2. The molecule has 0 spiro atoms. The number of halogens is 1. The molecular formula is C12H19FN2O3S. The Bertz CT molecular complexity index is 547. The van der Waals surface area contributed by atoms with Crippen molar-refractivity contribution in [1.82, 2.24) is 4.72 Å². The minimum absolute atomic E-state index is 0.115. The van der Waals surface area contributed by atoms with E-state index in [1.165, 1.54) is 19.9 Å².